The zero-order valence-electron chi connectivity index (χ0n) is 17.7. The van der Waals surface area contributed by atoms with Crippen LogP contribution < -0.4 is 15.0 Å². The highest BCUT2D eigenvalue weighted by molar-refractivity contribution is 5.91. The highest BCUT2D eigenvalue weighted by Gasteiger charge is 2.22. The molecule has 1 saturated heterocycles. The first kappa shape index (κ1) is 20.3. The van der Waals surface area contributed by atoms with Crippen molar-refractivity contribution in [3.05, 3.63) is 36.7 Å². The number of nitrogens with zero attached hydrogens (tertiary/aromatic N) is 5. The summed E-state index contributed by atoms with van der Waals surface area (Å²) in [6, 6.07) is 7.35. The first-order valence-corrected chi connectivity index (χ1v) is 10.6. The lowest BCUT2D eigenvalue weighted by Crippen LogP contribution is -2.31. The highest BCUT2D eigenvalue weighted by Crippen LogP contribution is 2.32. The van der Waals surface area contributed by atoms with E-state index in [0.29, 0.717) is 54.6 Å². The van der Waals surface area contributed by atoms with Gasteiger partial charge in [-0.2, -0.15) is 0 Å². The molecule has 1 atom stereocenters. The van der Waals surface area contributed by atoms with Crippen LogP contribution in [0.4, 0.5) is 5.82 Å². The summed E-state index contributed by atoms with van der Waals surface area (Å²) < 4.78 is 13.6. The molecular weight excluding hydrogens is 412 g/mol. The maximum absolute atomic E-state index is 11.4. The van der Waals surface area contributed by atoms with E-state index in [4.69, 9.17) is 14.3 Å². The number of nitrogens with one attached hydrogen (secondary N) is 1. The number of carbonyl (C=O) groups is 1. The summed E-state index contributed by atoms with van der Waals surface area (Å²) in [6.45, 7) is 1.18. The number of aromatic nitrogens is 4. The molecule has 1 aliphatic heterocycles. The van der Waals surface area contributed by atoms with Gasteiger partial charge in [-0.1, -0.05) is 0 Å². The standard InChI is InChI=1S/C22H24N6O4/c1-27(9-2-10-29)22-15-11-18(32-17(15)7-8-23-22)16-12-24-19-4-6-21(26-28(16)19)31-13-14-3-5-20(30)25-14/h4,6-8,11-12,14,29H,2-3,5,9-10,13H2,1H3,(H,25,30)/t14-/m1/s1. The van der Waals surface area contributed by atoms with Gasteiger partial charge >= 0.3 is 0 Å². The summed E-state index contributed by atoms with van der Waals surface area (Å²) in [7, 11) is 1.94. The van der Waals surface area contributed by atoms with Crippen molar-refractivity contribution in [3.8, 4) is 17.3 Å². The van der Waals surface area contributed by atoms with E-state index in [1.807, 2.05) is 30.1 Å². The topological polar surface area (TPSA) is 118 Å². The number of aliphatic hydroxyl groups excluding tert-OH is 1. The molecule has 0 saturated carbocycles. The van der Waals surface area contributed by atoms with Crippen LogP contribution in [0.3, 0.4) is 0 Å². The minimum atomic E-state index is 0.00590. The van der Waals surface area contributed by atoms with E-state index < -0.39 is 0 Å². The number of fused-ring (bicyclic) bond motifs is 2. The Morgan fingerprint density at radius 1 is 1.34 bits per heavy atom. The molecular formula is C22H24N6O4. The van der Waals surface area contributed by atoms with Crippen LogP contribution in [-0.2, 0) is 4.79 Å². The summed E-state index contributed by atoms with van der Waals surface area (Å²) in [4.78, 5) is 22.3. The maximum atomic E-state index is 11.4. The summed E-state index contributed by atoms with van der Waals surface area (Å²) in [5.74, 6) is 1.90. The molecule has 4 aromatic heterocycles. The summed E-state index contributed by atoms with van der Waals surface area (Å²) in [6.07, 6.45) is 5.37. The molecule has 32 heavy (non-hydrogen) atoms. The predicted molar refractivity (Wildman–Crippen MR) is 118 cm³/mol. The van der Waals surface area contributed by atoms with Crippen LogP contribution in [0.15, 0.2) is 41.1 Å². The first-order valence-electron chi connectivity index (χ1n) is 10.6. The SMILES string of the molecule is CN(CCCO)c1nccc2oc(-c3cnc4ccc(OC[C@H]5CCC(=O)N5)nn34)cc12. The number of aliphatic hydroxyl groups is 1. The second kappa shape index (κ2) is 8.46. The van der Waals surface area contributed by atoms with Crippen molar-refractivity contribution in [2.24, 2.45) is 0 Å². The third-order valence-electron chi connectivity index (χ3n) is 5.55. The van der Waals surface area contributed by atoms with Crippen molar-refractivity contribution < 1.29 is 19.1 Å². The molecule has 1 fully saturated rings. The molecule has 0 bridgehead atoms. The number of ether oxygens (including phenoxy) is 1. The molecule has 1 aliphatic rings. The molecule has 4 aromatic rings. The average Bonchev–Trinajstić information content (AvgIpc) is 3.52. The van der Waals surface area contributed by atoms with Crippen LogP contribution in [0.25, 0.3) is 28.1 Å². The minimum Gasteiger partial charge on any atom is -0.474 e. The van der Waals surface area contributed by atoms with Crippen molar-refractivity contribution in [1.29, 1.82) is 0 Å². The largest absolute Gasteiger partial charge is 0.474 e. The average molecular weight is 436 g/mol. The second-order valence-corrected chi connectivity index (χ2v) is 7.85. The molecule has 0 radical (unpaired) electrons. The lowest BCUT2D eigenvalue weighted by molar-refractivity contribution is -0.119. The molecule has 0 aromatic carbocycles. The van der Waals surface area contributed by atoms with Gasteiger partial charge in [0.05, 0.1) is 17.6 Å². The van der Waals surface area contributed by atoms with E-state index >= 15 is 0 Å². The zero-order chi connectivity index (χ0) is 22.1. The van der Waals surface area contributed by atoms with Crippen molar-refractivity contribution in [2.75, 3.05) is 31.7 Å². The summed E-state index contributed by atoms with van der Waals surface area (Å²) in [5, 5.41) is 17.5. The van der Waals surface area contributed by atoms with E-state index in [9.17, 15) is 4.79 Å². The van der Waals surface area contributed by atoms with E-state index in [1.54, 1.807) is 23.0 Å². The van der Waals surface area contributed by atoms with E-state index in [1.165, 1.54) is 0 Å². The number of furan rings is 1. The lowest BCUT2D eigenvalue weighted by atomic mass is 10.2. The van der Waals surface area contributed by atoms with Gasteiger partial charge in [0.15, 0.2) is 11.4 Å². The lowest BCUT2D eigenvalue weighted by Gasteiger charge is -2.17. The van der Waals surface area contributed by atoms with Crippen molar-refractivity contribution in [3.63, 3.8) is 0 Å². The number of pyridine rings is 1. The van der Waals surface area contributed by atoms with Crippen LogP contribution in [0.2, 0.25) is 0 Å². The van der Waals surface area contributed by atoms with Gasteiger partial charge in [0.25, 0.3) is 0 Å². The van der Waals surface area contributed by atoms with Gasteiger partial charge in [-0.15, -0.1) is 5.10 Å². The molecule has 0 unspecified atom stereocenters. The quantitative estimate of drug-likeness (QED) is 0.431. The van der Waals surface area contributed by atoms with Crippen LogP contribution in [0, 0.1) is 0 Å². The first-order chi connectivity index (χ1) is 15.6. The van der Waals surface area contributed by atoms with Gasteiger partial charge in [-0.25, -0.2) is 14.5 Å². The summed E-state index contributed by atoms with van der Waals surface area (Å²) in [5.41, 5.74) is 2.07. The number of rotatable bonds is 8. The number of hydrogen-bond donors (Lipinski definition) is 2. The molecule has 10 heteroatoms. The Balaban J connectivity index is 1.44. The highest BCUT2D eigenvalue weighted by atomic mass is 16.5. The molecule has 166 valence electrons. The number of amides is 1. The third kappa shape index (κ3) is 3.84. The zero-order valence-corrected chi connectivity index (χ0v) is 17.7. The Morgan fingerprint density at radius 2 is 2.25 bits per heavy atom. The summed E-state index contributed by atoms with van der Waals surface area (Å²) >= 11 is 0. The Labute approximate surface area is 183 Å². The number of imidazole rings is 1. The number of carbonyl (C=O) groups excluding carboxylic acids is 1. The van der Waals surface area contributed by atoms with E-state index in [2.05, 4.69) is 20.4 Å². The monoisotopic (exact) mass is 436 g/mol. The Hall–Kier alpha value is -3.66. The van der Waals surface area contributed by atoms with Gasteiger partial charge in [-0.3, -0.25) is 4.79 Å². The van der Waals surface area contributed by atoms with E-state index in [-0.39, 0.29) is 18.6 Å². The van der Waals surface area contributed by atoms with Gasteiger partial charge in [0.2, 0.25) is 11.8 Å². The van der Waals surface area contributed by atoms with Gasteiger partial charge < -0.3 is 24.5 Å². The molecule has 1 amide bonds. The van der Waals surface area contributed by atoms with Crippen LogP contribution in [-0.4, -0.2) is 63.4 Å². The normalized spacial score (nSPS) is 16.1. The van der Waals surface area contributed by atoms with Crippen molar-refractivity contribution in [1.82, 2.24) is 24.9 Å². The van der Waals surface area contributed by atoms with Crippen LogP contribution in [0.5, 0.6) is 5.88 Å². The van der Waals surface area contributed by atoms with Gasteiger partial charge in [0, 0.05) is 38.9 Å². The molecule has 2 N–H and O–H groups in total. The number of hydrogen-bond acceptors (Lipinski definition) is 8. The smallest absolute Gasteiger partial charge is 0.231 e. The molecule has 0 aliphatic carbocycles. The Kier molecular flexibility index (Phi) is 5.36. The molecule has 0 spiro atoms. The fourth-order valence-electron chi connectivity index (χ4n) is 3.88. The fraction of sp³-hybridized carbons (Fsp3) is 0.364. The maximum Gasteiger partial charge on any atom is 0.231 e. The van der Waals surface area contributed by atoms with Crippen LogP contribution in [0.1, 0.15) is 19.3 Å². The van der Waals surface area contributed by atoms with Gasteiger partial charge in [0.1, 0.15) is 23.7 Å². The number of anilines is 1. The molecule has 5 heterocycles. The Bertz CT molecular complexity index is 1270. The third-order valence-corrected chi connectivity index (χ3v) is 5.55. The van der Waals surface area contributed by atoms with E-state index in [0.717, 1.165) is 17.6 Å². The molecule has 10 nitrogen and oxygen atoms in total. The second-order valence-electron chi connectivity index (χ2n) is 7.85. The van der Waals surface area contributed by atoms with Gasteiger partial charge in [-0.05, 0) is 31.0 Å². The predicted octanol–water partition coefficient (Wildman–Crippen LogP) is 2.01. The van der Waals surface area contributed by atoms with Crippen molar-refractivity contribution >= 4 is 28.3 Å². The fourth-order valence-corrected chi connectivity index (χ4v) is 3.88. The Morgan fingerprint density at radius 3 is 3.06 bits per heavy atom. The van der Waals surface area contributed by atoms with Crippen molar-refractivity contribution in [2.45, 2.75) is 25.3 Å². The minimum absolute atomic E-state index is 0.00590. The van der Waals surface area contributed by atoms with Crippen LogP contribution >= 0.6 is 0 Å². The molecule has 5 rings (SSSR count).